The van der Waals surface area contributed by atoms with E-state index in [1.807, 2.05) is 0 Å². The standard InChI is InChI=1S/C10H19FN2O2.ClH/c1-9(2,3)15-8(14)13(4)7-10(11)5-12-6-10;/h12H,5-7H2,1-4H3;1H. The topological polar surface area (TPSA) is 41.6 Å². The van der Waals surface area contributed by atoms with Gasteiger partial charge in [0, 0.05) is 20.1 Å². The molecule has 1 heterocycles. The lowest BCUT2D eigenvalue weighted by molar-refractivity contribution is 0.00567. The van der Waals surface area contributed by atoms with E-state index in [4.69, 9.17) is 4.74 Å². The molecule has 96 valence electrons. The third kappa shape index (κ3) is 4.53. The highest BCUT2D eigenvalue weighted by atomic mass is 35.5. The van der Waals surface area contributed by atoms with Gasteiger partial charge in [0.1, 0.15) is 5.60 Å². The van der Waals surface area contributed by atoms with Crippen LogP contribution < -0.4 is 5.32 Å². The van der Waals surface area contributed by atoms with Gasteiger partial charge in [-0.1, -0.05) is 0 Å². The summed E-state index contributed by atoms with van der Waals surface area (Å²) < 4.78 is 18.8. The minimum Gasteiger partial charge on any atom is -0.444 e. The van der Waals surface area contributed by atoms with Gasteiger partial charge < -0.3 is 15.0 Å². The van der Waals surface area contributed by atoms with E-state index in [1.54, 1.807) is 27.8 Å². The van der Waals surface area contributed by atoms with Crippen LogP contribution in [0.2, 0.25) is 0 Å². The molecule has 1 fully saturated rings. The molecule has 0 unspecified atom stereocenters. The summed E-state index contributed by atoms with van der Waals surface area (Å²) in [6.45, 7) is 6.05. The van der Waals surface area contributed by atoms with Crippen molar-refractivity contribution in [3.63, 3.8) is 0 Å². The summed E-state index contributed by atoms with van der Waals surface area (Å²) in [6.07, 6.45) is -0.480. The van der Waals surface area contributed by atoms with Crippen LogP contribution in [-0.2, 0) is 4.74 Å². The molecule has 6 heteroatoms. The normalized spacial score (nSPS) is 18.1. The van der Waals surface area contributed by atoms with Crippen molar-refractivity contribution < 1.29 is 13.9 Å². The summed E-state index contributed by atoms with van der Waals surface area (Å²) in [6, 6.07) is 0. The van der Waals surface area contributed by atoms with Gasteiger partial charge in [-0.25, -0.2) is 9.18 Å². The quantitative estimate of drug-likeness (QED) is 0.814. The first-order valence-corrected chi connectivity index (χ1v) is 5.06. The highest BCUT2D eigenvalue weighted by Gasteiger charge is 2.39. The minimum atomic E-state index is -1.29. The van der Waals surface area contributed by atoms with Crippen molar-refractivity contribution in [3.05, 3.63) is 0 Å². The van der Waals surface area contributed by atoms with Crippen LogP contribution in [0.1, 0.15) is 20.8 Å². The van der Waals surface area contributed by atoms with Crippen LogP contribution in [0.15, 0.2) is 0 Å². The van der Waals surface area contributed by atoms with Crippen molar-refractivity contribution in [2.45, 2.75) is 32.0 Å². The molecular weight excluding hydrogens is 235 g/mol. The van der Waals surface area contributed by atoms with Crippen LogP contribution in [-0.4, -0.2) is 48.9 Å². The molecule has 0 saturated carbocycles. The number of carbonyl (C=O) groups excluding carboxylic acids is 1. The first-order valence-electron chi connectivity index (χ1n) is 5.06. The van der Waals surface area contributed by atoms with Gasteiger partial charge in [-0.15, -0.1) is 12.4 Å². The number of alkyl halides is 1. The van der Waals surface area contributed by atoms with E-state index < -0.39 is 17.4 Å². The fourth-order valence-electron chi connectivity index (χ4n) is 1.34. The van der Waals surface area contributed by atoms with Gasteiger partial charge in [-0.2, -0.15) is 0 Å². The number of carbonyl (C=O) groups is 1. The Morgan fingerprint density at radius 1 is 1.50 bits per heavy atom. The highest BCUT2D eigenvalue weighted by molar-refractivity contribution is 5.85. The lowest BCUT2D eigenvalue weighted by atomic mass is 9.99. The van der Waals surface area contributed by atoms with E-state index in [0.29, 0.717) is 13.1 Å². The average Bonchev–Trinajstić information content (AvgIpc) is 1.98. The lowest BCUT2D eigenvalue weighted by Gasteiger charge is -2.38. The van der Waals surface area contributed by atoms with Crippen LogP contribution in [0.25, 0.3) is 0 Å². The molecule has 0 bridgehead atoms. The van der Waals surface area contributed by atoms with Gasteiger partial charge in [0.2, 0.25) is 0 Å². The predicted octanol–water partition coefficient (Wildman–Crippen LogP) is 1.59. The Balaban J connectivity index is 0.00000225. The second-order valence-corrected chi connectivity index (χ2v) is 5.09. The van der Waals surface area contributed by atoms with Crippen LogP contribution >= 0.6 is 12.4 Å². The van der Waals surface area contributed by atoms with Gasteiger partial charge in [0.25, 0.3) is 0 Å². The number of hydrogen-bond donors (Lipinski definition) is 1. The van der Waals surface area contributed by atoms with E-state index in [0.717, 1.165) is 0 Å². The molecule has 0 aromatic carbocycles. The van der Waals surface area contributed by atoms with E-state index in [1.165, 1.54) is 4.90 Å². The fraction of sp³-hybridized carbons (Fsp3) is 0.900. The molecule has 1 amide bonds. The maximum Gasteiger partial charge on any atom is 0.410 e. The summed E-state index contributed by atoms with van der Waals surface area (Å²) in [5.41, 5.74) is -1.82. The summed E-state index contributed by atoms with van der Waals surface area (Å²) in [7, 11) is 1.55. The molecular formula is C10H20ClFN2O2. The van der Waals surface area contributed by atoms with Gasteiger partial charge >= 0.3 is 6.09 Å². The number of ether oxygens (including phenoxy) is 1. The lowest BCUT2D eigenvalue weighted by Crippen LogP contribution is -2.62. The summed E-state index contributed by atoms with van der Waals surface area (Å²) >= 11 is 0. The molecule has 1 aliphatic heterocycles. The third-order valence-corrected chi connectivity index (χ3v) is 2.11. The zero-order valence-electron chi connectivity index (χ0n) is 10.2. The molecule has 0 spiro atoms. The number of nitrogens with zero attached hydrogens (tertiary/aromatic N) is 1. The molecule has 1 saturated heterocycles. The molecule has 1 aliphatic rings. The van der Waals surface area contributed by atoms with Crippen molar-refractivity contribution in [1.29, 1.82) is 0 Å². The first kappa shape index (κ1) is 15.4. The second-order valence-electron chi connectivity index (χ2n) is 5.09. The van der Waals surface area contributed by atoms with Crippen molar-refractivity contribution in [1.82, 2.24) is 10.2 Å². The minimum absolute atomic E-state index is 0. The number of amides is 1. The van der Waals surface area contributed by atoms with E-state index in [9.17, 15) is 9.18 Å². The van der Waals surface area contributed by atoms with Crippen molar-refractivity contribution in [3.8, 4) is 0 Å². The number of hydrogen-bond acceptors (Lipinski definition) is 3. The number of rotatable bonds is 2. The Bertz CT molecular complexity index is 252. The molecule has 1 rings (SSSR count). The van der Waals surface area contributed by atoms with E-state index >= 15 is 0 Å². The fourth-order valence-corrected chi connectivity index (χ4v) is 1.34. The Labute approximate surface area is 102 Å². The second kappa shape index (κ2) is 5.19. The predicted molar refractivity (Wildman–Crippen MR) is 62.8 cm³/mol. The van der Waals surface area contributed by atoms with Crippen LogP contribution in [0.5, 0.6) is 0 Å². The summed E-state index contributed by atoms with van der Waals surface area (Å²) in [5.74, 6) is 0. The van der Waals surface area contributed by atoms with Crippen LogP contribution in [0.3, 0.4) is 0 Å². The molecule has 0 radical (unpaired) electrons. The first-order chi connectivity index (χ1) is 6.72. The van der Waals surface area contributed by atoms with Gasteiger partial charge in [-0.3, -0.25) is 0 Å². The monoisotopic (exact) mass is 254 g/mol. The van der Waals surface area contributed by atoms with Crippen molar-refractivity contribution >= 4 is 18.5 Å². The van der Waals surface area contributed by atoms with Crippen molar-refractivity contribution in [2.75, 3.05) is 26.7 Å². The highest BCUT2D eigenvalue weighted by Crippen LogP contribution is 2.18. The Hall–Kier alpha value is -0.550. The number of nitrogens with one attached hydrogen (secondary N) is 1. The molecule has 0 aromatic heterocycles. The maximum absolute atomic E-state index is 13.6. The van der Waals surface area contributed by atoms with Crippen LogP contribution in [0.4, 0.5) is 9.18 Å². The molecule has 0 atom stereocenters. The third-order valence-electron chi connectivity index (χ3n) is 2.11. The number of halogens is 2. The SMILES string of the molecule is CN(CC1(F)CNC1)C(=O)OC(C)(C)C.Cl. The van der Waals surface area contributed by atoms with Gasteiger partial charge in [0.05, 0.1) is 6.54 Å². The smallest absolute Gasteiger partial charge is 0.410 e. The average molecular weight is 255 g/mol. The Morgan fingerprint density at radius 3 is 2.31 bits per heavy atom. The van der Waals surface area contributed by atoms with Gasteiger partial charge in [-0.05, 0) is 20.8 Å². The van der Waals surface area contributed by atoms with E-state index in [-0.39, 0.29) is 19.0 Å². The van der Waals surface area contributed by atoms with Crippen LogP contribution in [0, 0.1) is 0 Å². The molecule has 16 heavy (non-hydrogen) atoms. The Morgan fingerprint density at radius 2 is 2.00 bits per heavy atom. The molecule has 4 nitrogen and oxygen atoms in total. The molecule has 0 aromatic rings. The summed E-state index contributed by atoms with van der Waals surface area (Å²) in [4.78, 5) is 12.8. The molecule has 1 N–H and O–H groups in total. The molecule has 0 aliphatic carbocycles. The van der Waals surface area contributed by atoms with Crippen molar-refractivity contribution in [2.24, 2.45) is 0 Å². The van der Waals surface area contributed by atoms with E-state index in [2.05, 4.69) is 5.32 Å². The maximum atomic E-state index is 13.6. The largest absolute Gasteiger partial charge is 0.444 e. The zero-order chi connectivity index (χ0) is 11.7. The zero-order valence-corrected chi connectivity index (χ0v) is 11.0. The Kier molecular flexibility index (Phi) is 5.01. The van der Waals surface area contributed by atoms with Gasteiger partial charge in [0.15, 0.2) is 5.67 Å². The summed E-state index contributed by atoms with van der Waals surface area (Å²) in [5, 5.41) is 2.84.